The molecule has 0 aromatic heterocycles. The fourth-order valence-electron chi connectivity index (χ4n) is 1.22. The summed E-state index contributed by atoms with van der Waals surface area (Å²) < 4.78 is 0. The molecule has 0 radical (unpaired) electrons. The fourth-order valence-corrected chi connectivity index (χ4v) is 1.22. The SMILES string of the molecule is CC1=C(C=O)CC(O)CC1. The maximum atomic E-state index is 10.3. The zero-order valence-corrected chi connectivity index (χ0v) is 6.13. The molecule has 0 bridgehead atoms. The molecule has 0 aromatic carbocycles. The van der Waals surface area contributed by atoms with Crippen LogP contribution in [0.15, 0.2) is 11.1 Å². The summed E-state index contributed by atoms with van der Waals surface area (Å²) in [4.78, 5) is 10.3. The first-order valence-electron chi connectivity index (χ1n) is 3.56. The van der Waals surface area contributed by atoms with Crippen LogP contribution in [0.25, 0.3) is 0 Å². The Morgan fingerprint density at radius 3 is 2.90 bits per heavy atom. The van der Waals surface area contributed by atoms with Gasteiger partial charge in [-0.25, -0.2) is 0 Å². The predicted octanol–water partition coefficient (Wildman–Crippen LogP) is 1.05. The Morgan fingerprint density at radius 1 is 1.70 bits per heavy atom. The van der Waals surface area contributed by atoms with Gasteiger partial charge >= 0.3 is 0 Å². The maximum Gasteiger partial charge on any atom is 0.146 e. The molecular weight excluding hydrogens is 128 g/mol. The van der Waals surface area contributed by atoms with Gasteiger partial charge in [-0.15, -0.1) is 0 Å². The highest BCUT2D eigenvalue weighted by molar-refractivity contribution is 5.74. The quantitative estimate of drug-likeness (QED) is 0.553. The lowest BCUT2D eigenvalue weighted by Gasteiger charge is -2.18. The summed E-state index contributed by atoms with van der Waals surface area (Å²) in [6.45, 7) is 1.95. The number of rotatable bonds is 1. The minimum absolute atomic E-state index is 0.288. The summed E-state index contributed by atoms with van der Waals surface area (Å²) in [6, 6.07) is 0. The third-order valence-electron chi connectivity index (χ3n) is 2.00. The highest BCUT2D eigenvalue weighted by Crippen LogP contribution is 2.22. The van der Waals surface area contributed by atoms with Crippen LogP contribution in [0.5, 0.6) is 0 Å². The fraction of sp³-hybridized carbons (Fsp3) is 0.625. The van der Waals surface area contributed by atoms with Gasteiger partial charge in [0.15, 0.2) is 0 Å². The average molecular weight is 140 g/mol. The Kier molecular flexibility index (Phi) is 2.22. The Labute approximate surface area is 60.6 Å². The molecular formula is C8H12O2. The van der Waals surface area contributed by atoms with Gasteiger partial charge in [-0.3, -0.25) is 4.79 Å². The largest absolute Gasteiger partial charge is 0.393 e. The van der Waals surface area contributed by atoms with Crippen molar-refractivity contribution < 1.29 is 9.90 Å². The van der Waals surface area contributed by atoms with Crippen molar-refractivity contribution in [1.82, 2.24) is 0 Å². The zero-order valence-electron chi connectivity index (χ0n) is 6.13. The van der Waals surface area contributed by atoms with E-state index in [0.717, 1.165) is 30.3 Å². The first kappa shape index (κ1) is 7.48. The van der Waals surface area contributed by atoms with Crippen molar-refractivity contribution in [3.8, 4) is 0 Å². The Bertz CT molecular complexity index is 170. The summed E-state index contributed by atoms with van der Waals surface area (Å²) in [7, 11) is 0. The van der Waals surface area contributed by atoms with Gasteiger partial charge in [-0.1, -0.05) is 5.57 Å². The minimum Gasteiger partial charge on any atom is -0.393 e. The van der Waals surface area contributed by atoms with Gasteiger partial charge < -0.3 is 5.11 Å². The molecule has 0 saturated heterocycles. The number of carbonyl (C=O) groups is 1. The number of allylic oxidation sites excluding steroid dienone is 1. The molecule has 1 aliphatic carbocycles. The topological polar surface area (TPSA) is 37.3 Å². The van der Waals surface area contributed by atoms with Crippen molar-refractivity contribution in [2.75, 3.05) is 0 Å². The van der Waals surface area contributed by atoms with Crippen LogP contribution in [0.2, 0.25) is 0 Å². The van der Waals surface area contributed by atoms with Gasteiger partial charge in [0.2, 0.25) is 0 Å². The van der Waals surface area contributed by atoms with E-state index in [1.165, 1.54) is 0 Å². The first-order chi connectivity index (χ1) is 4.74. The minimum atomic E-state index is -0.288. The molecule has 1 aliphatic rings. The van der Waals surface area contributed by atoms with Crippen molar-refractivity contribution in [2.45, 2.75) is 32.3 Å². The second kappa shape index (κ2) is 2.97. The molecule has 0 aromatic rings. The van der Waals surface area contributed by atoms with Gasteiger partial charge in [0.05, 0.1) is 6.10 Å². The Morgan fingerprint density at radius 2 is 2.40 bits per heavy atom. The highest BCUT2D eigenvalue weighted by Gasteiger charge is 2.15. The van der Waals surface area contributed by atoms with Crippen LogP contribution in [0.3, 0.4) is 0 Å². The number of hydrogen-bond acceptors (Lipinski definition) is 2. The standard InChI is InChI=1S/C8H12O2/c1-6-2-3-8(10)4-7(6)5-9/h5,8,10H,2-4H2,1H3. The highest BCUT2D eigenvalue weighted by atomic mass is 16.3. The molecule has 0 fully saturated rings. The first-order valence-corrected chi connectivity index (χ1v) is 3.56. The molecule has 0 saturated carbocycles. The van der Waals surface area contributed by atoms with E-state index in [2.05, 4.69) is 0 Å². The molecule has 2 heteroatoms. The zero-order chi connectivity index (χ0) is 7.56. The molecule has 1 N–H and O–H groups in total. The summed E-state index contributed by atoms with van der Waals surface area (Å²) in [5, 5.41) is 9.14. The Hall–Kier alpha value is -0.630. The van der Waals surface area contributed by atoms with Crippen LogP contribution in [0.4, 0.5) is 0 Å². The summed E-state index contributed by atoms with van der Waals surface area (Å²) in [5.74, 6) is 0. The van der Waals surface area contributed by atoms with Gasteiger partial charge in [0, 0.05) is 6.42 Å². The van der Waals surface area contributed by atoms with E-state index in [4.69, 9.17) is 5.11 Å². The third kappa shape index (κ3) is 1.45. The monoisotopic (exact) mass is 140 g/mol. The summed E-state index contributed by atoms with van der Waals surface area (Å²) >= 11 is 0. The van der Waals surface area contributed by atoms with Gasteiger partial charge in [0.25, 0.3) is 0 Å². The average Bonchev–Trinajstić information content (AvgIpc) is 1.94. The lowest BCUT2D eigenvalue weighted by atomic mass is 9.92. The smallest absolute Gasteiger partial charge is 0.146 e. The molecule has 56 valence electrons. The predicted molar refractivity (Wildman–Crippen MR) is 38.6 cm³/mol. The van der Waals surface area contributed by atoms with E-state index in [9.17, 15) is 4.79 Å². The van der Waals surface area contributed by atoms with Crippen LogP contribution >= 0.6 is 0 Å². The second-order valence-electron chi connectivity index (χ2n) is 2.82. The number of carbonyl (C=O) groups excluding carboxylic acids is 1. The molecule has 0 amide bonds. The summed E-state index contributed by atoms with van der Waals surface area (Å²) in [5.41, 5.74) is 1.93. The van der Waals surface area contributed by atoms with E-state index in [1.807, 2.05) is 6.92 Å². The van der Waals surface area contributed by atoms with Crippen molar-refractivity contribution in [2.24, 2.45) is 0 Å². The van der Waals surface area contributed by atoms with E-state index in [-0.39, 0.29) is 6.10 Å². The van der Waals surface area contributed by atoms with E-state index < -0.39 is 0 Å². The molecule has 0 aliphatic heterocycles. The van der Waals surface area contributed by atoms with Crippen molar-refractivity contribution in [3.63, 3.8) is 0 Å². The van der Waals surface area contributed by atoms with Crippen LogP contribution in [-0.4, -0.2) is 17.5 Å². The molecule has 10 heavy (non-hydrogen) atoms. The van der Waals surface area contributed by atoms with Crippen molar-refractivity contribution >= 4 is 6.29 Å². The molecule has 0 heterocycles. The van der Waals surface area contributed by atoms with Gasteiger partial charge in [-0.2, -0.15) is 0 Å². The number of hydrogen-bond donors (Lipinski definition) is 1. The van der Waals surface area contributed by atoms with E-state index >= 15 is 0 Å². The number of aliphatic hydroxyl groups is 1. The molecule has 0 spiro atoms. The van der Waals surface area contributed by atoms with Gasteiger partial charge in [0.1, 0.15) is 6.29 Å². The number of aldehydes is 1. The third-order valence-corrected chi connectivity index (χ3v) is 2.00. The van der Waals surface area contributed by atoms with Crippen LogP contribution < -0.4 is 0 Å². The molecule has 2 nitrogen and oxygen atoms in total. The van der Waals surface area contributed by atoms with Crippen molar-refractivity contribution in [3.05, 3.63) is 11.1 Å². The Balaban J connectivity index is 2.71. The van der Waals surface area contributed by atoms with Crippen LogP contribution in [-0.2, 0) is 4.79 Å². The second-order valence-corrected chi connectivity index (χ2v) is 2.82. The van der Waals surface area contributed by atoms with E-state index in [0.29, 0.717) is 6.42 Å². The lowest BCUT2D eigenvalue weighted by Crippen LogP contribution is -2.14. The number of aliphatic hydroxyl groups excluding tert-OH is 1. The summed E-state index contributed by atoms with van der Waals surface area (Å²) in [6.07, 6.45) is 2.80. The van der Waals surface area contributed by atoms with Gasteiger partial charge in [-0.05, 0) is 25.3 Å². The molecule has 1 rings (SSSR count). The normalized spacial score (nSPS) is 26.8. The van der Waals surface area contributed by atoms with Crippen LogP contribution in [0.1, 0.15) is 26.2 Å². The molecule has 1 unspecified atom stereocenters. The maximum absolute atomic E-state index is 10.3. The van der Waals surface area contributed by atoms with Crippen molar-refractivity contribution in [1.29, 1.82) is 0 Å². The lowest BCUT2D eigenvalue weighted by molar-refractivity contribution is -0.105. The molecule has 1 atom stereocenters. The van der Waals surface area contributed by atoms with Crippen LogP contribution in [0, 0.1) is 0 Å². The van der Waals surface area contributed by atoms with E-state index in [1.54, 1.807) is 0 Å².